The molecule has 12 heavy (non-hydrogen) atoms. The van der Waals surface area contributed by atoms with Gasteiger partial charge in [0.2, 0.25) is 0 Å². The third-order valence-electron chi connectivity index (χ3n) is 0.932. The zero-order valence-electron chi connectivity index (χ0n) is 6.81. The van der Waals surface area contributed by atoms with E-state index < -0.39 is 11.1 Å². The van der Waals surface area contributed by atoms with Gasteiger partial charge in [-0.2, -0.15) is 0 Å². The van der Waals surface area contributed by atoms with Crippen LogP contribution in [0.15, 0.2) is 5.38 Å². The molecule has 4 nitrogen and oxygen atoms in total. The Morgan fingerprint density at radius 2 is 2.33 bits per heavy atom. The molecule has 0 aliphatic rings. The van der Waals surface area contributed by atoms with Crippen LogP contribution in [0.4, 0.5) is 0 Å². The number of thiazole rings is 1. The van der Waals surface area contributed by atoms with Crippen molar-refractivity contribution >= 4 is 22.4 Å². The van der Waals surface area contributed by atoms with Crippen molar-refractivity contribution in [2.24, 2.45) is 0 Å². The van der Waals surface area contributed by atoms with Crippen LogP contribution in [0.3, 0.4) is 0 Å². The van der Waals surface area contributed by atoms with Crippen molar-refractivity contribution < 1.29 is 43.8 Å². The number of hydrogen-bond acceptors (Lipinski definition) is 5. The fourth-order valence-electron chi connectivity index (χ4n) is 0.595. The number of aromatic nitrogens is 1. The van der Waals surface area contributed by atoms with E-state index in [1.807, 2.05) is 6.92 Å². The van der Waals surface area contributed by atoms with Crippen LogP contribution in [0.25, 0.3) is 0 Å². The summed E-state index contributed by atoms with van der Waals surface area (Å²) >= 11 is -0.547. The molecule has 1 heterocycles. The molecule has 1 N–H and O–H groups in total. The SMILES string of the molecule is Cc1nc(CS(=O)[O-])cs1.[Na+].[OH-]. The van der Waals surface area contributed by atoms with E-state index in [0.717, 1.165) is 5.01 Å². The third kappa shape index (κ3) is 5.36. The van der Waals surface area contributed by atoms with Crippen LogP contribution >= 0.6 is 11.3 Å². The Morgan fingerprint density at radius 1 is 1.75 bits per heavy atom. The summed E-state index contributed by atoms with van der Waals surface area (Å²) in [6.07, 6.45) is 0. The Morgan fingerprint density at radius 3 is 2.67 bits per heavy atom. The zero-order chi connectivity index (χ0) is 7.56. The van der Waals surface area contributed by atoms with Gasteiger partial charge < -0.3 is 10.0 Å². The quantitative estimate of drug-likeness (QED) is 0.409. The van der Waals surface area contributed by atoms with Gasteiger partial charge in [0.15, 0.2) is 0 Å². The van der Waals surface area contributed by atoms with Gasteiger partial charge in [-0.3, -0.25) is 4.21 Å². The summed E-state index contributed by atoms with van der Waals surface area (Å²) < 4.78 is 20.3. The molecule has 0 fully saturated rings. The van der Waals surface area contributed by atoms with Crippen LogP contribution < -0.4 is 29.6 Å². The third-order valence-corrected chi connectivity index (χ3v) is 2.29. The van der Waals surface area contributed by atoms with E-state index in [9.17, 15) is 8.76 Å². The van der Waals surface area contributed by atoms with Gasteiger partial charge in [0.1, 0.15) is 0 Å². The van der Waals surface area contributed by atoms with Crippen molar-refractivity contribution in [3.63, 3.8) is 0 Å². The van der Waals surface area contributed by atoms with Crippen molar-refractivity contribution in [1.29, 1.82) is 0 Å². The first-order chi connectivity index (χ1) is 4.68. The topological polar surface area (TPSA) is 83.0 Å². The molecular formula is C5H7NNaO3S2-. The predicted molar refractivity (Wildman–Crippen MR) is 41.4 cm³/mol. The molecule has 1 aromatic heterocycles. The monoisotopic (exact) mass is 216 g/mol. The van der Waals surface area contributed by atoms with E-state index >= 15 is 0 Å². The molecule has 1 atom stereocenters. The maximum atomic E-state index is 10.1. The maximum Gasteiger partial charge on any atom is 1.00 e. The van der Waals surface area contributed by atoms with E-state index in [2.05, 4.69) is 4.98 Å². The van der Waals surface area contributed by atoms with Gasteiger partial charge >= 0.3 is 29.6 Å². The summed E-state index contributed by atoms with van der Waals surface area (Å²) in [5.74, 6) is 0.0321. The van der Waals surface area contributed by atoms with Gasteiger partial charge in [0.25, 0.3) is 0 Å². The molecule has 0 aliphatic carbocycles. The summed E-state index contributed by atoms with van der Waals surface area (Å²) in [5, 5.41) is 2.66. The standard InChI is InChI=1S/C5H7NO2S2.Na.H2O/c1-4-6-5(2-9-4)3-10(7)8;;/h2H,3H2,1H3,(H,7,8);;1H2/q;+1;/p-2. The maximum absolute atomic E-state index is 10.1. The largest absolute Gasteiger partial charge is 1.00 e. The summed E-state index contributed by atoms with van der Waals surface area (Å²) in [5.41, 5.74) is 0.635. The Balaban J connectivity index is 0. The van der Waals surface area contributed by atoms with Crippen molar-refractivity contribution in [1.82, 2.24) is 4.98 Å². The van der Waals surface area contributed by atoms with Gasteiger partial charge in [0.05, 0.1) is 16.5 Å². The van der Waals surface area contributed by atoms with Gasteiger partial charge in [-0.05, 0) is 18.0 Å². The fourth-order valence-corrected chi connectivity index (χ4v) is 1.70. The van der Waals surface area contributed by atoms with Gasteiger partial charge in [-0.25, -0.2) is 4.98 Å². The van der Waals surface area contributed by atoms with Crippen molar-refractivity contribution in [3.8, 4) is 0 Å². The zero-order valence-corrected chi connectivity index (χ0v) is 10.4. The predicted octanol–water partition coefficient (Wildman–Crippen LogP) is -2.34. The fraction of sp³-hybridized carbons (Fsp3) is 0.400. The Bertz CT molecular complexity index is 253. The molecule has 0 radical (unpaired) electrons. The van der Waals surface area contributed by atoms with Crippen LogP contribution in [0.2, 0.25) is 0 Å². The molecule has 0 aromatic carbocycles. The number of hydrogen-bond donors (Lipinski definition) is 0. The van der Waals surface area contributed by atoms with Crippen LogP contribution in [0.1, 0.15) is 10.7 Å². The Kier molecular flexibility index (Phi) is 9.03. The minimum atomic E-state index is -2.01. The molecule has 64 valence electrons. The van der Waals surface area contributed by atoms with Crippen LogP contribution in [0, 0.1) is 6.92 Å². The smallest absolute Gasteiger partial charge is 0.870 e. The van der Waals surface area contributed by atoms with E-state index in [-0.39, 0.29) is 40.8 Å². The first-order valence-corrected chi connectivity index (χ1v) is 4.77. The molecule has 0 bridgehead atoms. The normalized spacial score (nSPS) is 11.2. The van der Waals surface area contributed by atoms with Crippen LogP contribution in [-0.4, -0.2) is 19.2 Å². The first kappa shape index (κ1) is 15.2. The Hall–Kier alpha value is 0.700. The molecule has 0 saturated carbocycles. The second-order valence-electron chi connectivity index (χ2n) is 1.81. The molecule has 0 saturated heterocycles. The van der Waals surface area contributed by atoms with Gasteiger partial charge in [-0.1, -0.05) is 0 Å². The molecule has 7 heteroatoms. The van der Waals surface area contributed by atoms with E-state index in [0.29, 0.717) is 5.69 Å². The van der Waals surface area contributed by atoms with Crippen LogP contribution in [0.5, 0.6) is 0 Å². The van der Waals surface area contributed by atoms with Gasteiger partial charge in [0, 0.05) is 5.38 Å². The number of nitrogens with zero attached hydrogens (tertiary/aromatic N) is 1. The molecule has 1 aromatic rings. The summed E-state index contributed by atoms with van der Waals surface area (Å²) in [4.78, 5) is 3.98. The number of aryl methyl sites for hydroxylation is 1. The Labute approximate surface area is 99.3 Å². The second-order valence-corrected chi connectivity index (χ2v) is 3.76. The molecule has 0 spiro atoms. The average Bonchev–Trinajstić information content (AvgIpc) is 2.13. The summed E-state index contributed by atoms with van der Waals surface area (Å²) in [6, 6.07) is 0. The molecule has 1 unspecified atom stereocenters. The van der Waals surface area contributed by atoms with E-state index in [1.165, 1.54) is 11.3 Å². The summed E-state index contributed by atoms with van der Waals surface area (Å²) in [6.45, 7) is 1.85. The molecule has 0 aliphatic heterocycles. The second kappa shape index (κ2) is 7.14. The molecule has 1 rings (SSSR count). The number of rotatable bonds is 2. The minimum absolute atomic E-state index is 0. The first-order valence-electron chi connectivity index (χ1n) is 2.65. The van der Waals surface area contributed by atoms with Crippen molar-refractivity contribution in [2.45, 2.75) is 12.7 Å². The molecular weight excluding hydrogens is 209 g/mol. The summed E-state index contributed by atoms with van der Waals surface area (Å²) in [7, 11) is 0. The molecule has 0 amide bonds. The van der Waals surface area contributed by atoms with Crippen LogP contribution in [-0.2, 0) is 16.8 Å². The minimum Gasteiger partial charge on any atom is -0.870 e. The van der Waals surface area contributed by atoms with Crippen molar-refractivity contribution in [3.05, 3.63) is 16.1 Å². The van der Waals surface area contributed by atoms with E-state index in [1.54, 1.807) is 5.38 Å². The van der Waals surface area contributed by atoms with Crippen molar-refractivity contribution in [2.75, 3.05) is 0 Å². The van der Waals surface area contributed by atoms with E-state index in [4.69, 9.17) is 0 Å². The van der Waals surface area contributed by atoms with Gasteiger partial charge in [-0.15, -0.1) is 11.3 Å². The average molecular weight is 216 g/mol.